The predicted molar refractivity (Wildman–Crippen MR) is 53.2 cm³/mol. The van der Waals surface area contributed by atoms with Crippen LogP contribution in [0.25, 0.3) is 0 Å². The molecule has 0 aromatic heterocycles. The molecule has 0 aliphatic heterocycles. The Labute approximate surface area is 79.9 Å². The zero-order chi connectivity index (χ0) is 10.1. The van der Waals surface area contributed by atoms with Crippen molar-refractivity contribution in [3.8, 4) is 0 Å². The van der Waals surface area contributed by atoms with Gasteiger partial charge in [0.25, 0.3) is 0 Å². The summed E-state index contributed by atoms with van der Waals surface area (Å²) in [6, 6.07) is 0. The van der Waals surface area contributed by atoms with Crippen molar-refractivity contribution in [2.24, 2.45) is 11.7 Å². The Morgan fingerprint density at radius 1 is 1.62 bits per heavy atom. The second kappa shape index (κ2) is 7.80. The van der Waals surface area contributed by atoms with Crippen molar-refractivity contribution < 1.29 is 9.53 Å². The van der Waals surface area contributed by atoms with Gasteiger partial charge in [-0.3, -0.25) is 0 Å². The van der Waals surface area contributed by atoms with Gasteiger partial charge in [-0.1, -0.05) is 19.9 Å². The third-order valence-corrected chi connectivity index (χ3v) is 1.83. The summed E-state index contributed by atoms with van der Waals surface area (Å²) in [6.45, 7) is 6.60. The van der Waals surface area contributed by atoms with E-state index in [0.29, 0.717) is 12.5 Å². The minimum Gasteiger partial charge on any atom is -0.462 e. The fourth-order valence-corrected chi connectivity index (χ4v) is 1.00. The molecule has 0 spiro atoms. The number of unbranched alkanes of at least 4 members (excludes halogenated alkanes) is 1. The molecular formula is C10H19NO2. The van der Waals surface area contributed by atoms with E-state index in [-0.39, 0.29) is 5.97 Å². The lowest BCUT2D eigenvalue weighted by Crippen LogP contribution is -2.10. The van der Waals surface area contributed by atoms with Crippen molar-refractivity contribution in [2.75, 3.05) is 13.2 Å². The summed E-state index contributed by atoms with van der Waals surface area (Å²) in [6.07, 6.45) is 4.39. The molecule has 0 radical (unpaired) electrons. The van der Waals surface area contributed by atoms with E-state index >= 15 is 0 Å². The van der Waals surface area contributed by atoms with Crippen molar-refractivity contribution in [1.82, 2.24) is 0 Å². The summed E-state index contributed by atoms with van der Waals surface area (Å²) < 4.78 is 4.90. The molecule has 76 valence electrons. The van der Waals surface area contributed by atoms with Crippen LogP contribution in [0.4, 0.5) is 0 Å². The molecule has 0 aliphatic carbocycles. The van der Waals surface area contributed by atoms with Gasteiger partial charge in [0, 0.05) is 6.08 Å². The van der Waals surface area contributed by atoms with E-state index in [2.05, 4.69) is 13.5 Å². The van der Waals surface area contributed by atoms with Crippen LogP contribution in [-0.4, -0.2) is 19.1 Å². The molecule has 0 bridgehead atoms. The highest BCUT2D eigenvalue weighted by atomic mass is 16.5. The van der Waals surface area contributed by atoms with Gasteiger partial charge in [-0.25, -0.2) is 4.79 Å². The number of hydrogen-bond donors (Lipinski definition) is 1. The lowest BCUT2D eigenvalue weighted by atomic mass is 10.1. The van der Waals surface area contributed by atoms with Crippen LogP contribution < -0.4 is 5.73 Å². The number of hydrogen-bond acceptors (Lipinski definition) is 3. The predicted octanol–water partition coefficient (Wildman–Crippen LogP) is 1.48. The first-order valence-corrected chi connectivity index (χ1v) is 4.70. The first-order valence-electron chi connectivity index (χ1n) is 4.70. The van der Waals surface area contributed by atoms with Crippen LogP contribution >= 0.6 is 0 Å². The maximum atomic E-state index is 10.7. The molecule has 0 fully saturated rings. The van der Waals surface area contributed by atoms with Crippen LogP contribution in [-0.2, 0) is 9.53 Å². The highest BCUT2D eigenvalue weighted by Gasteiger charge is 2.03. The zero-order valence-electron chi connectivity index (χ0n) is 8.29. The molecule has 1 unspecified atom stereocenters. The molecular weight excluding hydrogens is 166 g/mol. The molecule has 0 aliphatic rings. The number of rotatable bonds is 7. The average molecular weight is 185 g/mol. The molecule has 0 saturated heterocycles. The minimum atomic E-state index is -0.342. The maximum absolute atomic E-state index is 10.7. The lowest BCUT2D eigenvalue weighted by Gasteiger charge is -2.10. The van der Waals surface area contributed by atoms with Crippen LogP contribution in [0.5, 0.6) is 0 Å². The topological polar surface area (TPSA) is 52.3 Å². The smallest absolute Gasteiger partial charge is 0.330 e. The summed E-state index contributed by atoms with van der Waals surface area (Å²) in [7, 11) is 0. The lowest BCUT2D eigenvalue weighted by molar-refractivity contribution is -0.138. The summed E-state index contributed by atoms with van der Waals surface area (Å²) >= 11 is 0. The third kappa shape index (κ3) is 7.53. The van der Waals surface area contributed by atoms with Gasteiger partial charge in [0.1, 0.15) is 0 Å². The molecule has 0 saturated carbocycles. The Morgan fingerprint density at radius 3 is 2.85 bits per heavy atom. The molecule has 2 N–H and O–H groups in total. The van der Waals surface area contributed by atoms with Crippen LogP contribution in [0.3, 0.4) is 0 Å². The summed E-state index contributed by atoms with van der Waals surface area (Å²) in [5.41, 5.74) is 5.36. The highest BCUT2D eigenvalue weighted by molar-refractivity contribution is 5.81. The molecule has 0 heterocycles. The van der Waals surface area contributed by atoms with Crippen molar-refractivity contribution in [3.63, 3.8) is 0 Å². The number of esters is 1. The van der Waals surface area contributed by atoms with E-state index in [4.69, 9.17) is 10.5 Å². The number of nitrogens with two attached hydrogens (primary N) is 1. The number of ether oxygens (including phenoxy) is 1. The molecule has 0 aromatic carbocycles. The van der Waals surface area contributed by atoms with Crippen LogP contribution in [0.2, 0.25) is 0 Å². The summed E-state index contributed by atoms with van der Waals surface area (Å²) in [5.74, 6) is 0.0705. The standard InChI is InChI=1S/C10H19NO2/c1-3-10(12)13-8-9(2)6-4-5-7-11/h3,9H,1,4-8,11H2,2H3. The second-order valence-corrected chi connectivity index (χ2v) is 3.22. The van der Waals surface area contributed by atoms with Gasteiger partial charge in [-0.2, -0.15) is 0 Å². The second-order valence-electron chi connectivity index (χ2n) is 3.22. The van der Waals surface area contributed by atoms with E-state index in [1.165, 1.54) is 6.08 Å². The van der Waals surface area contributed by atoms with E-state index in [1.54, 1.807) is 0 Å². The van der Waals surface area contributed by atoms with Gasteiger partial charge in [0.2, 0.25) is 0 Å². The van der Waals surface area contributed by atoms with Gasteiger partial charge in [0.15, 0.2) is 0 Å². The molecule has 3 heteroatoms. The van der Waals surface area contributed by atoms with Crippen LogP contribution in [0.1, 0.15) is 26.2 Å². The van der Waals surface area contributed by atoms with E-state index in [9.17, 15) is 4.79 Å². The molecule has 1 atom stereocenters. The van der Waals surface area contributed by atoms with Crippen molar-refractivity contribution in [3.05, 3.63) is 12.7 Å². The van der Waals surface area contributed by atoms with Crippen molar-refractivity contribution >= 4 is 5.97 Å². The molecule has 13 heavy (non-hydrogen) atoms. The van der Waals surface area contributed by atoms with Gasteiger partial charge < -0.3 is 10.5 Å². The fraction of sp³-hybridized carbons (Fsp3) is 0.700. The van der Waals surface area contributed by atoms with E-state index in [0.717, 1.165) is 25.8 Å². The Kier molecular flexibility index (Phi) is 7.30. The van der Waals surface area contributed by atoms with E-state index in [1.807, 2.05) is 0 Å². The molecule has 3 nitrogen and oxygen atoms in total. The first-order chi connectivity index (χ1) is 6.20. The first kappa shape index (κ1) is 12.2. The zero-order valence-corrected chi connectivity index (χ0v) is 8.29. The van der Waals surface area contributed by atoms with Crippen LogP contribution in [0, 0.1) is 5.92 Å². The fourth-order valence-electron chi connectivity index (χ4n) is 1.00. The molecule has 0 aromatic rings. The van der Waals surface area contributed by atoms with Crippen molar-refractivity contribution in [1.29, 1.82) is 0 Å². The Bertz CT molecular complexity index is 157. The molecule has 0 amide bonds. The number of carbonyl (C=O) groups excluding carboxylic acids is 1. The van der Waals surface area contributed by atoms with E-state index < -0.39 is 0 Å². The third-order valence-electron chi connectivity index (χ3n) is 1.83. The van der Waals surface area contributed by atoms with Gasteiger partial charge >= 0.3 is 5.97 Å². The van der Waals surface area contributed by atoms with Gasteiger partial charge in [0.05, 0.1) is 6.61 Å². The van der Waals surface area contributed by atoms with Crippen molar-refractivity contribution in [2.45, 2.75) is 26.2 Å². The maximum Gasteiger partial charge on any atom is 0.330 e. The molecule has 0 rings (SSSR count). The summed E-state index contributed by atoms with van der Waals surface area (Å²) in [4.78, 5) is 10.7. The SMILES string of the molecule is C=CC(=O)OCC(C)CCCCN. The normalized spacial score (nSPS) is 12.2. The van der Waals surface area contributed by atoms with Crippen LogP contribution in [0.15, 0.2) is 12.7 Å². The Morgan fingerprint density at radius 2 is 2.31 bits per heavy atom. The number of carbonyl (C=O) groups is 1. The monoisotopic (exact) mass is 185 g/mol. The van der Waals surface area contributed by atoms with Gasteiger partial charge in [-0.05, 0) is 25.3 Å². The quantitative estimate of drug-likeness (QED) is 0.371. The largest absolute Gasteiger partial charge is 0.462 e. The summed E-state index contributed by atoms with van der Waals surface area (Å²) in [5, 5.41) is 0. The average Bonchev–Trinajstić information content (AvgIpc) is 2.14. The highest BCUT2D eigenvalue weighted by Crippen LogP contribution is 2.07. The van der Waals surface area contributed by atoms with Gasteiger partial charge in [-0.15, -0.1) is 0 Å². The minimum absolute atomic E-state index is 0.342. The Hall–Kier alpha value is -0.830. The Balaban J connectivity index is 3.34.